The molecule has 3 aliphatic rings. The molecule has 5 nitrogen and oxygen atoms in total. The molecule has 6 heteroatoms. The highest BCUT2D eigenvalue weighted by molar-refractivity contribution is 7.89. The van der Waals surface area contributed by atoms with Gasteiger partial charge in [-0.05, 0) is 37.5 Å². The van der Waals surface area contributed by atoms with E-state index in [1.165, 1.54) is 0 Å². The maximum absolute atomic E-state index is 13.5. The molecule has 142 valence electrons. The minimum Gasteiger partial charge on any atom is -0.493 e. The second-order valence-electron chi connectivity index (χ2n) is 7.56. The maximum Gasteiger partial charge on any atom is 0.243 e. The summed E-state index contributed by atoms with van der Waals surface area (Å²) in [5.41, 5.74) is 4.03. The van der Waals surface area contributed by atoms with E-state index < -0.39 is 10.0 Å². The fourth-order valence-corrected chi connectivity index (χ4v) is 6.03. The highest BCUT2D eigenvalue weighted by atomic mass is 32.2. The second kappa shape index (κ2) is 6.24. The van der Waals surface area contributed by atoms with Gasteiger partial charge in [0.05, 0.1) is 18.1 Å². The van der Waals surface area contributed by atoms with Crippen molar-refractivity contribution >= 4 is 10.0 Å². The SMILES string of the molecule is Cc1ccccc1S(=O)(=O)N(Cc1c2c(cc3c1OCC3)OCC2)C1CC1. The van der Waals surface area contributed by atoms with Gasteiger partial charge in [0.25, 0.3) is 0 Å². The third-order valence-electron chi connectivity index (χ3n) is 5.71. The molecule has 1 saturated carbocycles. The number of nitrogens with zero attached hydrogens (tertiary/aromatic N) is 1. The number of hydrogen-bond acceptors (Lipinski definition) is 4. The van der Waals surface area contributed by atoms with E-state index >= 15 is 0 Å². The zero-order chi connectivity index (χ0) is 18.6. The van der Waals surface area contributed by atoms with Crippen molar-refractivity contribution in [1.82, 2.24) is 4.31 Å². The summed E-state index contributed by atoms with van der Waals surface area (Å²) < 4.78 is 40.4. The van der Waals surface area contributed by atoms with Crippen LogP contribution in [0.2, 0.25) is 0 Å². The molecule has 1 aliphatic carbocycles. The first-order valence-electron chi connectivity index (χ1n) is 9.56. The molecule has 0 bridgehead atoms. The molecular weight excluding hydrogens is 362 g/mol. The number of ether oxygens (including phenoxy) is 2. The maximum atomic E-state index is 13.5. The molecule has 2 aromatic carbocycles. The smallest absolute Gasteiger partial charge is 0.243 e. The third kappa shape index (κ3) is 2.82. The first-order chi connectivity index (χ1) is 13.1. The fraction of sp³-hybridized carbons (Fsp3) is 0.429. The van der Waals surface area contributed by atoms with Crippen LogP contribution in [-0.4, -0.2) is 32.0 Å². The van der Waals surface area contributed by atoms with E-state index in [4.69, 9.17) is 9.47 Å². The standard InChI is InChI=1S/C21H23NO4S/c1-14-4-2-3-5-20(14)27(23,24)22(16-6-7-16)13-18-17-9-11-25-19(17)12-15-8-10-26-21(15)18/h2-5,12,16H,6-11,13H2,1H3. The van der Waals surface area contributed by atoms with E-state index in [0.29, 0.717) is 24.7 Å². The van der Waals surface area contributed by atoms with Crippen molar-refractivity contribution in [2.75, 3.05) is 13.2 Å². The van der Waals surface area contributed by atoms with Crippen LogP contribution in [0, 0.1) is 6.92 Å². The molecule has 0 unspecified atom stereocenters. The van der Waals surface area contributed by atoms with Gasteiger partial charge in [-0.1, -0.05) is 18.2 Å². The van der Waals surface area contributed by atoms with Crippen molar-refractivity contribution < 1.29 is 17.9 Å². The molecule has 0 atom stereocenters. The van der Waals surface area contributed by atoms with Gasteiger partial charge in [-0.2, -0.15) is 4.31 Å². The van der Waals surface area contributed by atoms with Crippen LogP contribution < -0.4 is 9.47 Å². The number of rotatable bonds is 5. The van der Waals surface area contributed by atoms with Crippen LogP contribution in [0.25, 0.3) is 0 Å². The van der Waals surface area contributed by atoms with Gasteiger partial charge < -0.3 is 9.47 Å². The average molecular weight is 385 g/mol. The molecule has 2 heterocycles. The van der Waals surface area contributed by atoms with Gasteiger partial charge in [-0.25, -0.2) is 8.42 Å². The highest BCUT2D eigenvalue weighted by Crippen LogP contribution is 2.43. The molecule has 2 aliphatic heterocycles. The third-order valence-corrected chi connectivity index (χ3v) is 7.77. The summed E-state index contributed by atoms with van der Waals surface area (Å²) >= 11 is 0. The average Bonchev–Trinajstić information content (AvgIpc) is 3.17. The number of aryl methyl sites for hydroxylation is 1. The van der Waals surface area contributed by atoms with Crippen molar-refractivity contribution in [2.24, 2.45) is 0 Å². The summed E-state index contributed by atoms with van der Waals surface area (Å²) in [6.07, 6.45) is 3.50. The summed E-state index contributed by atoms with van der Waals surface area (Å²) in [6.45, 7) is 3.52. The molecule has 0 saturated heterocycles. The fourth-order valence-electron chi connectivity index (χ4n) is 4.15. The van der Waals surface area contributed by atoms with E-state index in [1.807, 2.05) is 19.1 Å². The molecule has 27 heavy (non-hydrogen) atoms. The van der Waals surface area contributed by atoms with Crippen molar-refractivity contribution in [2.45, 2.75) is 50.1 Å². The largest absolute Gasteiger partial charge is 0.493 e. The van der Waals surface area contributed by atoms with Crippen LogP contribution in [0.4, 0.5) is 0 Å². The van der Waals surface area contributed by atoms with Crippen LogP contribution in [-0.2, 0) is 29.4 Å². The van der Waals surface area contributed by atoms with Gasteiger partial charge in [-0.15, -0.1) is 0 Å². The lowest BCUT2D eigenvalue weighted by Crippen LogP contribution is -2.33. The van der Waals surface area contributed by atoms with Gasteiger partial charge in [0.2, 0.25) is 10.0 Å². The Hall–Kier alpha value is -2.05. The monoisotopic (exact) mass is 385 g/mol. The minimum absolute atomic E-state index is 0.0739. The van der Waals surface area contributed by atoms with Gasteiger partial charge in [0.15, 0.2) is 0 Å². The Kier molecular flexibility index (Phi) is 3.95. The Morgan fingerprint density at radius 3 is 2.67 bits per heavy atom. The second-order valence-corrected chi connectivity index (χ2v) is 9.42. The molecular formula is C21H23NO4S. The van der Waals surface area contributed by atoms with Crippen LogP contribution in [0.3, 0.4) is 0 Å². The van der Waals surface area contributed by atoms with E-state index in [-0.39, 0.29) is 6.04 Å². The zero-order valence-electron chi connectivity index (χ0n) is 15.4. The van der Waals surface area contributed by atoms with Gasteiger partial charge in [0, 0.05) is 42.1 Å². The van der Waals surface area contributed by atoms with Crippen molar-refractivity contribution in [3.05, 3.63) is 52.6 Å². The minimum atomic E-state index is -3.56. The number of sulfonamides is 1. The first kappa shape index (κ1) is 17.1. The molecule has 1 fully saturated rings. The molecule has 2 aromatic rings. The molecule has 0 N–H and O–H groups in total. The Labute approximate surface area is 160 Å². The first-order valence-corrected chi connectivity index (χ1v) is 11.0. The normalized spacial score (nSPS) is 18.1. The van der Waals surface area contributed by atoms with E-state index in [0.717, 1.165) is 59.4 Å². The molecule has 0 amide bonds. The van der Waals surface area contributed by atoms with E-state index in [1.54, 1.807) is 16.4 Å². The summed E-state index contributed by atoms with van der Waals surface area (Å²) in [4.78, 5) is 0.401. The van der Waals surface area contributed by atoms with Crippen molar-refractivity contribution in [3.8, 4) is 11.5 Å². The van der Waals surface area contributed by atoms with E-state index in [2.05, 4.69) is 6.07 Å². The Morgan fingerprint density at radius 1 is 1.11 bits per heavy atom. The lowest BCUT2D eigenvalue weighted by atomic mass is 9.99. The van der Waals surface area contributed by atoms with Gasteiger partial charge >= 0.3 is 0 Å². The van der Waals surface area contributed by atoms with Crippen LogP contribution in [0.1, 0.15) is 35.1 Å². The predicted octanol–water partition coefficient (Wildman–Crippen LogP) is 3.22. The Morgan fingerprint density at radius 2 is 1.89 bits per heavy atom. The quantitative estimate of drug-likeness (QED) is 0.793. The molecule has 0 radical (unpaired) electrons. The number of benzene rings is 2. The molecule has 5 rings (SSSR count). The highest BCUT2D eigenvalue weighted by Gasteiger charge is 2.40. The van der Waals surface area contributed by atoms with Crippen molar-refractivity contribution in [3.63, 3.8) is 0 Å². The van der Waals surface area contributed by atoms with Crippen LogP contribution >= 0.6 is 0 Å². The van der Waals surface area contributed by atoms with Gasteiger partial charge in [-0.3, -0.25) is 0 Å². The number of hydrogen-bond donors (Lipinski definition) is 0. The van der Waals surface area contributed by atoms with Gasteiger partial charge in [0.1, 0.15) is 11.5 Å². The van der Waals surface area contributed by atoms with Crippen LogP contribution in [0.15, 0.2) is 35.2 Å². The van der Waals surface area contributed by atoms with Crippen LogP contribution in [0.5, 0.6) is 11.5 Å². The predicted molar refractivity (Wildman–Crippen MR) is 102 cm³/mol. The Balaban J connectivity index is 1.59. The Bertz CT molecular complexity index is 979. The lowest BCUT2D eigenvalue weighted by molar-refractivity contribution is 0.341. The number of fused-ring (bicyclic) bond motifs is 2. The summed E-state index contributed by atoms with van der Waals surface area (Å²) in [7, 11) is -3.56. The van der Waals surface area contributed by atoms with E-state index in [9.17, 15) is 8.42 Å². The summed E-state index contributed by atoms with van der Waals surface area (Å²) in [5, 5.41) is 0. The zero-order valence-corrected chi connectivity index (χ0v) is 16.2. The summed E-state index contributed by atoms with van der Waals surface area (Å²) in [6, 6.07) is 9.38. The topological polar surface area (TPSA) is 55.8 Å². The lowest BCUT2D eigenvalue weighted by Gasteiger charge is -2.25. The van der Waals surface area contributed by atoms with Crippen molar-refractivity contribution in [1.29, 1.82) is 0 Å². The summed E-state index contributed by atoms with van der Waals surface area (Å²) in [5.74, 6) is 1.78. The molecule has 0 spiro atoms. The molecule has 0 aromatic heterocycles.